The summed E-state index contributed by atoms with van der Waals surface area (Å²) in [5.74, 6) is 0.522. The van der Waals surface area contributed by atoms with Crippen molar-refractivity contribution >= 4 is 0 Å². The minimum Gasteiger partial charge on any atom is -0.489 e. The summed E-state index contributed by atoms with van der Waals surface area (Å²) in [6.45, 7) is 0.261. The van der Waals surface area contributed by atoms with Crippen LogP contribution in [-0.2, 0) is 6.61 Å². The van der Waals surface area contributed by atoms with Crippen molar-refractivity contribution in [2.45, 2.75) is 6.61 Å². The SMILES string of the molecule is Fc1ccccc1COc1ccccc1. The van der Waals surface area contributed by atoms with Crippen LogP contribution in [0.4, 0.5) is 4.39 Å². The lowest BCUT2D eigenvalue weighted by molar-refractivity contribution is 0.300. The molecule has 2 rings (SSSR count). The fourth-order valence-electron chi connectivity index (χ4n) is 1.29. The molecule has 2 heteroatoms. The summed E-state index contributed by atoms with van der Waals surface area (Å²) >= 11 is 0. The fraction of sp³-hybridized carbons (Fsp3) is 0.0769. The molecule has 76 valence electrons. The van der Waals surface area contributed by atoms with Gasteiger partial charge in [-0.25, -0.2) is 4.39 Å². The second-order valence-corrected chi connectivity index (χ2v) is 3.19. The molecule has 0 radical (unpaired) electrons. The zero-order valence-electron chi connectivity index (χ0n) is 8.19. The molecule has 0 aromatic heterocycles. The first kappa shape index (κ1) is 9.71. The molecular weight excluding hydrogens is 191 g/mol. The molecule has 0 saturated heterocycles. The van der Waals surface area contributed by atoms with E-state index in [-0.39, 0.29) is 12.4 Å². The van der Waals surface area contributed by atoms with Gasteiger partial charge in [0.1, 0.15) is 18.2 Å². The molecule has 0 fully saturated rings. The molecule has 0 aliphatic heterocycles. The van der Waals surface area contributed by atoms with E-state index in [1.807, 2.05) is 30.3 Å². The fourth-order valence-corrected chi connectivity index (χ4v) is 1.29. The summed E-state index contributed by atoms with van der Waals surface area (Å²) in [7, 11) is 0. The smallest absolute Gasteiger partial charge is 0.129 e. The molecule has 0 atom stereocenters. The Labute approximate surface area is 88.1 Å². The average Bonchev–Trinajstić information content (AvgIpc) is 2.29. The molecule has 0 aliphatic rings. The van der Waals surface area contributed by atoms with E-state index in [0.29, 0.717) is 5.56 Å². The van der Waals surface area contributed by atoms with E-state index in [9.17, 15) is 4.39 Å². The standard InChI is InChI=1S/C13H11FO/c14-13-9-5-4-6-11(13)10-15-12-7-2-1-3-8-12/h1-9H,10H2. The summed E-state index contributed by atoms with van der Waals surface area (Å²) in [5, 5.41) is 0. The van der Waals surface area contributed by atoms with Gasteiger partial charge in [-0.15, -0.1) is 0 Å². The van der Waals surface area contributed by atoms with Crippen LogP contribution in [0.25, 0.3) is 0 Å². The Kier molecular flexibility index (Phi) is 2.98. The molecule has 0 amide bonds. The molecule has 0 N–H and O–H groups in total. The van der Waals surface area contributed by atoms with Gasteiger partial charge in [0.15, 0.2) is 0 Å². The summed E-state index contributed by atoms with van der Waals surface area (Å²) < 4.78 is 18.6. The molecule has 0 saturated carbocycles. The highest BCUT2D eigenvalue weighted by atomic mass is 19.1. The van der Waals surface area contributed by atoms with Crippen molar-refractivity contribution < 1.29 is 9.13 Å². The van der Waals surface area contributed by atoms with E-state index in [1.165, 1.54) is 6.07 Å². The molecule has 2 aromatic carbocycles. The van der Waals surface area contributed by atoms with Crippen molar-refractivity contribution in [3.63, 3.8) is 0 Å². The number of para-hydroxylation sites is 1. The monoisotopic (exact) mass is 202 g/mol. The van der Waals surface area contributed by atoms with E-state index in [0.717, 1.165) is 5.75 Å². The summed E-state index contributed by atoms with van der Waals surface area (Å²) in [4.78, 5) is 0. The molecule has 15 heavy (non-hydrogen) atoms. The zero-order chi connectivity index (χ0) is 10.5. The third-order valence-corrected chi connectivity index (χ3v) is 2.10. The third-order valence-electron chi connectivity index (χ3n) is 2.10. The van der Waals surface area contributed by atoms with Gasteiger partial charge in [0.05, 0.1) is 0 Å². The van der Waals surface area contributed by atoms with Crippen molar-refractivity contribution in [2.75, 3.05) is 0 Å². The number of halogens is 1. The topological polar surface area (TPSA) is 9.23 Å². The molecule has 0 aliphatic carbocycles. The first-order valence-electron chi connectivity index (χ1n) is 4.77. The highest BCUT2D eigenvalue weighted by Crippen LogP contribution is 2.13. The van der Waals surface area contributed by atoms with Crippen LogP contribution >= 0.6 is 0 Å². The van der Waals surface area contributed by atoms with Crippen molar-refractivity contribution in [3.8, 4) is 5.75 Å². The van der Waals surface area contributed by atoms with E-state index < -0.39 is 0 Å². The molecular formula is C13H11FO. The Morgan fingerprint density at radius 1 is 0.867 bits per heavy atom. The van der Waals surface area contributed by atoms with E-state index in [4.69, 9.17) is 4.74 Å². The lowest BCUT2D eigenvalue weighted by Crippen LogP contribution is -1.97. The highest BCUT2D eigenvalue weighted by Gasteiger charge is 2.00. The normalized spacial score (nSPS) is 9.93. The number of hydrogen-bond donors (Lipinski definition) is 0. The van der Waals surface area contributed by atoms with Gasteiger partial charge in [0.25, 0.3) is 0 Å². The first-order chi connectivity index (χ1) is 7.36. The lowest BCUT2D eigenvalue weighted by Gasteiger charge is -2.06. The quantitative estimate of drug-likeness (QED) is 0.741. The molecule has 2 aromatic rings. The van der Waals surface area contributed by atoms with Crippen molar-refractivity contribution in [1.82, 2.24) is 0 Å². The highest BCUT2D eigenvalue weighted by molar-refractivity contribution is 5.22. The Hall–Kier alpha value is -1.83. The largest absolute Gasteiger partial charge is 0.489 e. The maximum atomic E-state index is 13.2. The first-order valence-corrected chi connectivity index (χ1v) is 4.77. The van der Waals surface area contributed by atoms with Crippen molar-refractivity contribution in [1.29, 1.82) is 0 Å². The van der Waals surface area contributed by atoms with Crippen molar-refractivity contribution in [3.05, 3.63) is 66.0 Å². The Morgan fingerprint density at radius 3 is 2.27 bits per heavy atom. The lowest BCUT2D eigenvalue weighted by atomic mass is 10.2. The van der Waals surface area contributed by atoms with Gasteiger partial charge in [-0.2, -0.15) is 0 Å². The van der Waals surface area contributed by atoms with Crippen molar-refractivity contribution in [2.24, 2.45) is 0 Å². The van der Waals surface area contributed by atoms with Gasteiger partial charge >= 0.3 is 0 Å². The minimum absolute atomic E-state index is 0.228. The van der Waals surface area contributed by atoms with Crippen LogP contribution in [0.3, 0.4) is 0 Å². The maximum Gasteiger partial charge on any atom is 0.129 e. The predicted octanol–water partition coefficient (Wildman–Crippen LogP) is 3.40. The van der Waals surface area contributed by atoms with Crippen LogP contribution in [0.2, 0.25) is 0 Å². The third kappa shape index (κ3) is 2.56. The number of benzene rings is 2. The number of hydrogen-bond acceptors (Lipinski definition) is 1. The van der Waals surface area contributed by atoms with E-state index in [2.05, 4.69) is 0 Å². The Balaban J connectivity index is 2.03. The van der Waals surface area contributed by atoms with Gasteiger partial charge in [0, 0.05) is 5.56 Å². The van der Waals surface area contributed by atoms with Gasteiger partial charge in [-0.05, 0) is 18.2 Å². The molecule has 0 unspecified atom stereocenters. The van der Waals surface area contributed by atoms with Crippen LogP contribution in [0.15, 0.2) is 54.6 Å². The molecule has 1 nitrogen and oxygen atoms in total. The Bertz CT molecular complexity index is 426. The summed E-state index contributed by atoms with van der Waals surface area (Å²) in [6, 6.07) is 16.0. The number of ether oxygens (including phenoxy) is 1. The minimum atomic E-state index is -0.228. The van der Waals surface area contributed by atoms with Gasteiger partial charge < -0.3 is 4.74 Å². The van der Waals surface area contributed by atoms with E-state index >= 15 is 0 Å². The van der Waals surface area contributed by atoms with Crippen LogP contribution in [-0.4, -0.2) is 0 Å². The van der Waals surface area contributed by atoms with Crippen LogP contribution < -0.4 is 4.74 Å². The zero-order valence-corrected chi connectivity index (χ0v) is 8.19. The van der Waals surface area contributed by atoms with Gasteiger partial charge in [0.2, 0.25) is 0 Å². The summed E-state index contributed by atoms with van der Waals surface area (Å²) in [5.41, 5.74) is 0.571. The average molecular weight is 202 g/mol. The van der Waals surface area contributed by atoms with Crippen LogP contribution in [0.1, 0.15) is 5.56 Å². The van der Waals surface area contributed by atoms with Crippen LogP contribution in [0.5, 0.6) is 5.75 Å². The van der Waals surface area contributed by atoms with Gasteiger partial charge in [-0.1, -0.05) is 36.4 Å². The molecule has 0 bridgehead atoms. The second kappa shape index (κ2) is 4.60. The predicted molar refractivity (Wildman–Crippen MR) is 57.2 cm³/mol. The van der Waals surface area contributed by atoms with Gasteiger partial charge in [-0.3, -0.25) is 0 Å². The second-order valence-electron chi connectivity index (χ2n) is 3.19. The van der Waals surface area contributed by atoms with Crippen LogP contribution in [0, 0.1) is 5.82 Å². The number of rotatable bonds is 3. The molecule has 0 heterocycles. The Morgan fingerprint density at radius 2 is 1.53 bits per heavy atom. The van der Waals surface area contributed by atoms with E-state index in [1.54, 1.807) is 18.2 Å². The summed E-state index contributed by atoms with van der Waals surface area (Å²) in [6.07, 6.45) is 0. The molecule has 0 spiro atoms. The maximum absolute atomic E-state index is 13.2.